The number of ether oxygens (including phenoxy) is 3. The molecule has 0 amide bonds. The SMILES string of the molecule is CCOC(=O)CCC(C)(O)CCc1ccc2c(c1)OCO2. The van der Waals surface area contributed by atoms with Gasteiger partial charge >= 0.3 is 5.97 Å². The summed E-state index contributed by atoms with van der Waals surface area (Å²) < 4.78 is 15.5. The lowest BCUT2D eigenvalue weighted by Gasteiger charge is -2.22. The van der Waals surface area contributed by atoms with Crippen molar-refractivity contribution in [3.8, 4) is 11.5 Å². The smallest absolute Gasteiger partial charge is 0.305 e. The van der Waals surface area contributed by atoms with Gasteiger partial charge in [0.2, 0.25) is 6.79 Å². The van der Waals surface area contributed by atoms with Crippen LogP contribution in [0.25, 0.3) is 0 Å². The van der Waals surface area contributed by atoms with E-state index in [9.17, 15) is 9.90 Å². The minimum Gasteiger partial charge on any atom is -0.466 e. The van der Waals surface area contributed by atoms with Crippen molar-refractivity contribution < 1.29 is 24.1 Å². The zero-order chi connectivity index (χ0) is 15.3. The first-order valence-electron chi connectivity index (χ1n) is 7.27. The fourth-order valence-electron chi connectivity index (χ4n) is 2.24. The summed E-state index contributed by atoms with van der Waals surface area (Å²) in [5.74, 6) is 1.24. The van der Waals surface area contributed by atoms with Crippen LogP contribution in [0.5, 0.6) is 11.5 Å². The van der Waals surface area contributed by atoms with Crippen molar-refractivity contribution in [3.63, 3.8) is 0 Å². The number of hydrogen-bond acceptors (Lipinski definition) is 5. The zero-order valence-corrected chi connectivity index (χ0v) is 12.6. The van der Waals surface area contributed by atoms with E-state index in [1.54, 1.807) is 13.8 Å². The average molecular weight is 294 g/mol. The molecule has 116 valence electrons. The van der Waals surface area contributed by atoms with Crippen molar-refractivity contribution in [2.75, 3.05) is 13.4 Å². The lowest BCUT2D eigenvalue weighted by atomic mass is 9.92. The fraction of sp³-hybridized carbons (Fsp3) is 0.562. The Labute approximate surface area is 124 Å². The van der Waals surface area contributed by atoms with Gasteiger partial charge in [-0.2, -0.15) is 0 Å². The number of carbonyl (C=O) groups is 1. The topological polar surface area (TPSA) is 65.0 Å². The van der Waals surface area contributed by atoms with Crippen LogP contribution in [0.2, 0.25) is 0 Å². The summed E-state index contributed by atoms with van der Waals surface area (Å²) >= 11 is 0. The van der Waals surface area contributed by atoms with Gasteiger partial charge < -0.3 is 19.3 Å². The largest absolute Gasteiger partial charge is 0.466 e. The Hall–Kier alpha value is -1.75. The highest BCUT2D eigenvalue weighted by atomic mass is 16.7. The van der Waals surface area contributed by atoms with Gasteiger partial charge in [-0.1, -0.05) is 6.07 Å². The molecule has 1 aromatic carbocycles. The van der Waals surface area contributed by atoms with E-state index in [0.717, 1.165) is 17.1 Å². The van der Waals surface area contributed by atoms with Gasteiger partial charge in [0.15, 0.2) is 11.5 Å². The number of carbonyl (C=O) groups excluding carboxylic acids is 1. The molecule has 0 saturated carbocycles. The van der Waals surface area contributed by atoms with Crippen LogP contribution in [-0.2, 0) is 16.0 Å². The van der Waals surface area contributed by atoms with Gasteiger partial charge in [0.1, 0.15) is 0 Å². The van der Waals surface area contributed by atoms with Crippen molar-refractivity contribution in [2.24, 2.45) is 0 Å². The Morgan fingerprint density at radius 2 is 2.10 bits per heavy atom. The highest BCUT2D eigenvalue weighted by molar-refractivity contribution is 5.69. The first-order chi connectivity index (χ1) is 10.00. The number of hydrogen-bond donors (Lipinski definition) is 1. The van der Waals surface area contributed by atoms with Gasteiger partial charge in [-0.3, -0.25) is 4.79 Å². The predicted molar refractivity (Wildman–Crippen MR) is 77.4 cm³/mol. The van der Waals surface area contributed by atoms with Gasteiger partial charge in [0.05, 0.1) is 12.2 Å². The normalized spacial score (nSPS) is 15.6. The molecule has 5 heteroatoms. The predicted octanol–water partition coefficient (Wildman–Crippen LogP) is 2.44. The number of fused-ring (bicyclic) bond motifs is 1. The Kier molecular flexibility index (Phi) is 5.07. The van der Waals surface area contributed by atoms with E-state index in [1.807, 2.05) is 18.2 Å². The van der Waals surface area contributed by atoms with Crippen LogP contribution in [0.1, 0.15) is 38.7 Å². The number of benzene rings is 1. The molecule has 5 nitrogen and oxygen atoms in total. The number of aryl methyl sites for hydroxylation is 1. The Morgan fingerprint density at radius 1 is 1.33 bits per heavy atom. The Bertz CT molecular complexity index is 495. The van der Waals surface area contributed by atoms with Crippen molar-refractivity contribution in [3.05, 3.63) is 23.8 Å². The second-order valence-corrected chi connectivity index (χ2v) is 5.49. The third-order valence-corrected chi connectivity index (χ3v) is 3.56. The summed E-state index contributed by atoms with van der Waals surface area (Å²) in [5.41, 5.74) is 0.194. The molecule has 21 heavy (non-hydrogen) atoms. The van der Waals surface area contributed by atoms with Crippen LogP contribution in [0, 0.1) is 0 Å². The minimum absolute atomic E-state index is 0.238. The maximum atomic E-state index is 11.3. The molecule has 1 N–H and O–H groups in total. The highest BCUT2D eigenvalue weighted by Gasteiger charge is 2.22. The molecule has 1 aromatic rings. The molecule has 1 aliphatic rings. The number of esters is 1. The summed E-state index contributed by atoms with van der Waals surface area (Å²) in [6, 6.07) is 5.78. The number of aliphatic hydroxyl groups is 1. The van der Waals surface area contributed by atoms with Gasteiger partial charge in [-0.05, 0) is 50.8 Å². The second-order valence-electron chi connectivity index (χ2n) is 5.49. The van der Waals surface area contributed by atoms with E-state index in [1.165, 1.54) is 0 Å². The van der Waals surface area contributed by atoms with Crippen LogP contribution in [0.15, 0.2) is 18.2 Å². The standard InChI is InChI=1S/C16H22O5/c1-3-19-15(17)7-9-16(2,18)8-6-12-4-5-13-14(10-12)21-11-20-13/h4-5,10,18H,3,6-9,11H2,1-2H3. The van der Waals surface area contributed by atoms with Crippen LogP contribution < -0.4 is 9.47 Å². The van der Waals surface area contributed by atoms with Gasteiger partial charge in [-0.15, -0.1) is 0 Å². The summed E-state index contributed by atoms with van der Waals surface area (Å²) in [6.45, 7) is 4.16. The zero-order valence-electron chi connectivity index (χ0n) is 12.6. The van der Waals surface area contributed by atoms with E-state index >= 15 is 0 Å². The molecule has 0 bridgehead atoms. The molecule has 0 aliphatic carbocycles. The second kappa shape index (κ2) is 6.80. The summed E-state index contributed by atoms with van der Waals surface area (Å²) in [5, 5.41) is 10.3. The van der Waals surface area contributed by atoms with Gasteiger partial charge in [0.25, 0.3) is 0 Å². The molecule has 0 radical (unpaired) electrons. The average Bonchev–Trinajstić information content (AvgIpc) is 2.91. The van der Waals surface area contributed by atoms with Crippen LogP contribution in [0.3, 0.4) is 0 Å². The molecule has 1 heterocycles. The highest BCUT2D eigenvalue weighted by Crippen LogP contribution is 2.33. The van der Waals surface area contributed by atoms with E-state index in [4.69, 9.17) is 14.2 Å². The molecule has 1 aliphatic heterocycles. The van der Waals surface area contributed by atoms with Crippen molar-refractivity contribution in [1.82, 2.24) is 0 Å². The summed E-state index contributed by atoms with van der Waals surface area (Å²) in [7, 11) is 0. The molecule has 2 rings (SSSR count). The van der Waals surface area contributed by atoms with E-state index in [2.05, 4.69) is 0 Å². The fourth-order valence-corrected chi connectivity index (χ4v) is 2.24. The first-order valence-corrected chi connectivity index (χ1v) is 7.27. The first kappa shape index (κ1) is 15.6. The monoisotopic (exact) mass is 294 g/mol. The quantitative estimate of drug-likeness (QED) is 0.782. The third kappa shape index (κ3) is 4.63. The van der Waals surface area contributed by atoms with E-state index in [0.29, 0.717) is 25.9 Å². The molecule has 0 aromatic heterocycles. The number of rotatable bonds is 7. The molecule has 1 unspecified atom stereocenters. The maximum Gasteiger partial charge on any atom is 0.305 e. The van der Waals surface area contributed by atoms with Crippen LogP contribution in [0.4, 0.5) is 0 Å². The molecule has 0 saturated heterocycles. The van der Waals surface area contributed by atoms with E-state index in [-0.39, 0.29) is 19.2 Å². The molecular weight excluding hydrogens is 272 g/mol. The van der Waals surface area contributed by atoms with E-state index < -0.39 is 5.60 Å². The van der Waals surface area contributed by atoms with Crippen molar-refractivity contribution >= 4 is 5.97 Å². The molecule has 0 fully saturated rings. The Balaban J connectivity index is 1.82. The van der Waals surface area contributed by atoms with Crippen LogP contribution in [-0.4, -0.2) is 30.1 Å². The molecule has 1 atom stereocenters. The third-order valence-electron chi connectivity index (χ3n) is 3.56. The van der Waals surface area contributed by atoms with Gasteiger partial charge in [0, 0.05) is 6.42 Å². The lowest BCUT2D eigenvalue weighted by molar-refractivity contribution is -0.144. The van der Waals surface area contributed by atoms with Crippen molar-refractivity contribution in [2.45, 2.75) is 45.1 Å². The lowest BCUT2D eigenvalue weighted by Crippen LogP contribution is -2.26. The molecule has 0 spiro atoms. The maximum absolute atomic E-state index is 11.3. The summed E-state index contributed by atoms with van der Waals surface area (Å²) in [4.78, 5) is 11.3. The minimum atomic E-state index is -0.886. The van der Waals surface area contributed by atoms with Crippen molar-refractivity contribution in [1.29, 1.82) is 0 Å². The summed E-state index contributed by atoms with van der Waals surface area (Å²) in [6.07, 6.45) is 1.93. The Morgan fingerprint density at radius 3 is 2.86 bits per heavy atom. The van der Waals surface area contributed by atoms with Gasteiger partial charge in [-0.25, -0.2) is 0 Å². The van der Waals surface area contributed by atoms with Crippen LogP contribution >= 0.6 is 0 Å². The molecular formula is C16H22O5.